The van der Waals surface area contributed by atoms with E-state index in [0.29, 0.717) is 18.7 Å². The molecule has 5 rings (SSSR count). The summed E-state index contributed by atoms with van der Waals surface area (Å²) < 4.78 is 29.4. The Morgan fingerprint density at radius 3 is 2.34 bits per heavy atom. The third-order valence-corrected chi connectivity index (χ3v) is 8.91. The minimum absolute atomic E-state index is 0. The quantitative estimate of drug-likeness (QED) is 0.443. The van der Waals surface area contributed by atoms with Crippen LogP contribution in [-0.2, 0) is 10.0 Å². The fraction of sp³-hybridized carbons (Fsp3) is 0.400. The number of anilines is 1. The second-order valence-corrected chi connectivity index (χ2v) is 12.8. The van der Waals surface area contributed by atoms with Gasteiger partial charge in [-0.05, 0) is 74.5 Å². The summed E-state index contributed by atoms with van der Waals surface area (Å²) in [6, 6.07) is 13.0. The van der Waals surface area contributed by atoms with Crippen LogP contribution in [0.15, 0.2) is 53.4 Å². The molecule has 1 saturated heterocycles. The summed E-state index contributed by atoms with van der Waals surface area (Å²) in [4.78, 5) is 38.6. The van der Waals surface area contributed by atoms with Crippen LogP contribution in [0.5, 0.6) is 0 Å². The number of nitrogens with zero attached hydrogens (tertiary/aromatic N) is 3. The van der Waals surface area contributed by atoms with Crippen LogP contribution < -0.4 is 10.0 Å². The predicted octanol–water partition coefficient (Wildman–Crippen LogP) is 4.79. The lowest BCUT2D eigenvalue weighted by atomic mass is 9.93. The summed E-state index contributed by atoms with van der Waals surface area (Å²) in [5.41, 5.74) is 3.54. The van der Waals surface area contributed by atoms with Crippen molar-refractivity contribution < 1.29 is 18.0 Å². The van der Waals surface area contributed by atoms with Crippen LogP contribution in [0.1, 0.15) is 65.1 Å². The first-order valence-corrected chi connectivity index (χ1v) is 15.2. The van der Waals surface area contributed by atoms with Crippen LogP contribution in [0.3, 0.4) is 0 Å². The van der Waals surface area contributed by atoms with Gasteiger partial charge < -0.3 is 10.2 Å². The van der Waals surface area contributed by atoms with Crippen molar-refractivity contribution in [1.82, 2.24) is 20.2 Å². The molecule has 9 nitrogen and oxygen atoms in total. The Balaban J connectivity index is 0.00000387. The summed E-state index contributed by atoms with van der Waals surface area (Å²) in [7, 11) is -4.16. The third-order valence-electron chi connectivity index (χ3n) is 7.59. The van der Waals surface area contributed by atoms with E-state index in [1.807, 2.05) is 36.9 Å². The minimum Gasteiger partial charge on any atom is -0.331 e. The average Bonchev–Trinajstić information content (AvgIpc) is 3.42. The Kier molecular flexibility index (Phi) is 9.16. The molecular formula is C30H36ClN5O4S. The smallest absolute Gasteiger partial charge is 0.264 e. The fourth-order valence-electron chi connectivity index (χ4n) is 5.77. The number of sulfonamides is 1. The largest absolute Gasteiger partial charge is 0.331 e. The van der Waals surface area contributed by atoms with Gasteiger partial charge in [0.1, 0.15) is 5.69 Å². The van der Waals surface area contributed by atoms with Gasteiger partial charge in [-0.1, -0.05) is 38.1 Å². The van der Waals surface area contributed by atoms with Crippen LogP contribution in [0.25, 0.3) is 11.3 Å². The Bertz CT molecular complexity index is 1550. The number of nitrogens with one attached hydrogen (secondary N) is 2. The van der Waals surface area contributed by atoms with Gasteiger partial charge in [0.25, 0.3) is 15.9 Å². The highest BCUT2D eigenvalue weighted by atomic mass is 35.5. The van der Waals surface area contributed by atoms with E-state index in [2.05, 4.69) is 33.9 Å². The molecule has 1 fully saturated rings. The number of amides is 1. The van der Waals surface area contributed by atoms with Gasteiger partial charge in [0.15, 0.2) is 5.78 Å². The highest BCUT2D eigenvalue weighted by Crippen LogP contribution is 2.30. The Morgan fingerprint density at radius 1 is 1.00 bits per heavy atom. The van der Waals surface area contributed by atoms with E-state index in [0.717, 1.165) is 29.7 Å². The van der Waals surface area contributed by atoms with Gasteiger partial charge >= 0.3 is 0 Å². The molecule has 218 valence electrons. The predicted molar refractivity (Wildman–Crippen MR) is 161 cm³/mol. The fourth-order valence-corrected chi connectivity index (χ4v) is 6.76. The van der Waals surface area contributed by atoms with Crippen molar-refractivity contribution in [2.45, 2.75) is 63.9 Å². The number of carbonyl (C=O) groups is 2. The van der Waals surface area contributed by atoms with Crippen molar-refractivity contribution in [1.29, 1.82) is 0 Å². The SMILES string of the molecule is Cc1cccc(C)c1-c1cc2nc(n1)NS(=O)(=O)c1cccc(c1)C(=O)N(C1CCNC1)[C@H](CC(C)C)CC2=O.Cl. The maximum atomic E-state index is 14.1. The molecule has 0 spiro atoms. The van der Waals surface area contributed by atoms with E-state index in [9.17, 15) is 18.0 Å². The lowest BCUT2D eigenvalue weighted by Crippen LogP contribution is -2.49. The molecule has 0 saturated carbocycles. The number of Topliss-reactive ketones (excluding diaryl/α,β-unsaturated/α-hetero) is 1. The third kappa shape index (κ3) is 6.45. The van der Waals surface area contributed by atoms with Gasteiger partial charge in [0, 0.05) is 36.2 Å². The normalized spacial score (nSPS) is 20.5. The summed E-state index contributed by atoms with van der Waals surface area (Å²) in [5, 5.41) is 3.33. The van der Waals surface area contributed by atoms with Gasteiger partial charge in [-0.2, -0.15) is 0 Å². The van der Waals surface area contributed by atoms with E-state index in [1.54, 1.807) is 18.2 Å². The average molecular weight is 598 g/mol. The van der Waals surface area contributed by atoms with Crippen LogP contribution >= 0.6 is 12.4 Å². The number of carbonyl (C=O) groups excluding carboxylic acids is 2. The monoisotopic (exact) mass is 597 g/mol. The molecule has 2 atom stereocenters. The molecule has 2 N–H and O–H groups in total. The Morgan fingerprint density at radius 2 is 1.68 bits per heavy atom. The maximum absolute atomic E-state index is 14.1. The van der Waals surface area contributed by atoms with Gasteiger partial charge in [0.05, 0.1) is 10.6 Å². The van der Waals surface area contributed by atoms with E-state index in [1.165, 1.54) is 12.1 Å². The lowest BCUT2D eigenvalue weighted by Gasteiger charge is -2.37. The Labute approximate surface area is 247 Å². The number of rotatable bonds is 4. The molecule has 0 radical (unpaired) electrons. The van der Waals surface area contributed by atoms with Crippen LogP contribution in [-0.4, -0.2) is 60.1 Å². The van der Waals surface area contributed by atoms with Crippen LogP contribution in [0, 0.1) is 19.8 Å². The van der Waals surface area contributed by atoms with E-state index >= 15 is 0 Å². The standard InChI is InChI=1S/C30H35N5O4S.ClH/c1-18(2)13-23-15-27(36)25-16-26(28-19(3)7-5-8-20(28)4)33-30(32-25)34-40(38,39)24-10-6-9-21(14-24)29(37)35(23)22-11-12-31-17-22;/h5-10,14,16,18,22-23,31H,11-13,15,17H2,1-4H3,(H,32,33,34);1H/t22?,23-;/m1./s1. The molecule has 41 heavy (non-hydrogen) atoms. The number of hydrogen-bond acceptors (Lipinski definition) is 7. The minimum atomic E-state index is -4.16. The molecule has 1 amide bonds. The summed E-state index contributed by atoms with van der Waals surface area (Å²) in [5.74, 6) is -0.512. The first-order chi connectivity index (χ1) is 19.0. The summed E-state index contributed by atoms with van der Waals surface area (Å²) in [6.07, 6.45) is 1.43. The second-order valence-electron chi connectivity index (χ2n) is 11.1. The summed E-state index contributed by atoms with van der Waals surface area (Å²) in [6.45, 7) is 9.41. The molecule has 2 aliphatic heterocycles. The molecule has 1 unspecified atom stereocenters. The van der Waals surface area contributed by atoms with Crippen molar-refractivity contribution in [2.24, 2.45) is 5.92 Å². The number of aromatic nitrogens is 2. The zero-order valence-electron chi connectivity index (χ0n) is 23.7. The van der Waals surface area contributed by atoms with E-state index < -0.39 is 10.0 Å². The zero-order chi connectivity index (χ0) is 28.6. The van der Waals surface area contributed by atoms with Gasteiger partial charge in [-0.15, -0.1) is 12.4 Å². The van der Waals surface area contributed by atoms with E-state index in [-0.39, 0.29) is 70.6 Å². The topological polar surface area (TPSA) is 121 Å². The number of aryl methyl sites for hydroxylation is 2. The van der Waals surface area contributed by atoms with Crippen molar-refractivity contribution >= 4 is 40.1 Å². The lowest BCUT2D eigenvalue weighted by molar-refractivity contribution is 0.0536. The Hall–Kier alpha value is -3.34. The number of ketones is 1. The van der Waals surface area contributed by atoms with Gasteiger partial charge in [-0.3, -0.25) is 9.59 Å². The molecule has 11 heteroatoms. The van der Waals surface area contributed by atoms with Crippen LogP contribution in [0.4, 0.5) is 5.95 Å². The first kappa shape index (κ1) is 30.6. The molecule has 1 aromatic heterocycles. The van der Waals surface area contributed by atoms with Crippen molar-refractivity contribution in [3.63, 3.8) is 0 Å². The molecule has 4 bridgehead atoms. The number of fused-ring (bicyclic) bond motifs is 4. The highest BCUT2D eigenvalue weighted by molar-refractivity contribution is 7.92. The zero-order valence-corrected chi connectivity index (χ0v) is 25.3. The van der Waals surface area contributed by atoms with Gasteiger partial charge in [-0.25, -0.2) is 23.1 Å². The molecule has 0 aliphatic carbocycles. The molecule has 2 aromatic carbocycles. The van der Waals surface area contributed by atoms with Crippen molar-refractivity contribution in [3.8, 4) is 11.3 Å². The first-order valence-electron chi connectivity index (χ1n) is 13.7. The van der Waals surface area contributed by atoms with Crippen LogP contribution in [0.2, 0.25) is 0 Å². The molecule has 2 aliphatic rings. The number of halogens is 1. The van der Waals surface area contributed by atoms with Crippen molar-refractivity contribution in [3.05, 3.63) is 70.9 Å². The summed E-state index contributed by atoms with van der Waals surface area (Å²) >= 11 is 0. The molecular weight excluding hydrogens is 562 g/mol. The van der Waals surface area contributed by atoms with Crippen molar-refractivity contribution in [2.75, 3.05) is 17.8 Å². The number of hydrogen-bond donors (Lipinski definition) is 2. The number of benzene rings is 2. The molecule has 3 heterocycles. The van der Waals surface area contributed by atoms with Gasteiger partial charge in [0.2, 0.25) is 5.95 Å². The molecule has 3 aromatic rings. The highest BCUT2D eigenvalue weighted by Gasteiger charge is 2.36. The second kappa shape index (κ2) is 12.3. The van der Waals surface area contributed by atoms with E-state index in [4.69, 9.17) is 0 Å². The maximum Gasteiger partial charge on any atom is 0.264 e.